The van der Waals surface area contributed by atoms with E-state index in [1.54, 1.807) is 0 Å². The first-order valence-corrected chi connectivity index (χ1v) is 11.9. The monoisotopic (exact) mass is 483 g/mol. The molecule has 2 aliphatic rings. The fourth-order valence-electron chi connectivity index (χ4n) is 5.02. The molecular weight excluding hydrogens is 442 g/mol. The van der Waals surface area contributed by atoms with Crippen LogP contribution in [0.2, 0.25) is 0 Å². The molecule has 2 fully saturated rings. The molecule has 1 unspecified atom stereocenters. The van der Waals surface area contributed by atoms with Gasteiger partial charge in [-0.1, -0.05) is 20.8 Å². The van der Waals surface area contributed by atoms with E-state index in [0.29, 0.717) is 5.76 Å². The summed E-state index contributed by atoms with van der Waals surface area (Å²) in [5, 5.41) is 24.0. The molecule has 0 aromatic carbocycles. The Kier molecular flexibility index (Phi) is 12.8. The minimum absolute atomic E-state index is 0.0139. The van der Waals surface area contributed by atoms with Crippen LogP contribution in [-0.4, -0.2) is 101 Å². The van der Waals surface area contributed by atoms with E-state index in [2.05, 4.69) is 37.6 Å². The van der Waals surface area contributed by atoms with Crippen LogP contribution in [0.15, 0.2) is 10.5 Å². The Morgan fingerprint density at radius 1 is 1.18 bits per heavy atom. The molecule has 3 N–H and O–H groups in total. The van der Waals surface area contributed by atoms with E-state index in [1.165, 1.54) is 0 Å². The first-order chi connectivity index (χ1) is 16.2. The van der Waals surface area contributed by atoms with Crippen molar-refractivity contribution >= 4 is 18.9 Å². The number of carbonyl (C=O) groups excluding carboxylic acids is 1. The summed E-state index contributed by atoms with van der Waals surface area (Å²) in [5.41, 5.74) is 1.29. The Hall–Kier alpha value is -2.43. The summed E-state index contributed by atoms with van der Waals surface area (Å²) in [6, 6.07) is 1.96. The molecule has 10 nitrogen and oxygen atoms in total. The van der Waals surface area contributed by atoms with Gasteiger partial charge in [0.25, 0.3) is 18.9 Å². The van der Waals surface area contributed by atoms with Gasteiger partial charge in [0.1, 0.15) is 5.76 Å². The third-order valence-electron chi connectivity index (χ3n) is 6.62. The van der Waals surface area contributed by atoms with Gasteiger partial charge in [-0.05, 0) is 50.9 Å². The summed E-state index contributed by atoms with van der Waals surface area (Å²) in [5.74, 6) is 1.43. The maximum Gasteiger partial charge on any atom is 0.290 e. The average Bonchev–Trinajstić information content (AvgIpc) is 3.20. The lowest BCUT2D eigenvalue weighted by atomic mass is 9.71. The molecule has 0 bridgehead atoms. The van der Waals surface area contributed by atoms with Crippen molar-refractivity contribution in [1.29, 1.82) is 0 Å². The Morgan fingerprint density at radius 2 is 1.74 bits per heavy atom. The lowest BCUT2D eigenvalue weighted by Crippen LogP contribution is -2.53. The normalized spacial score (nSPS) is 19.6. The maximum absolute atomic E-state index is 13.1. The van der Waals surface area contributed by atoms with Crippen LogP contribution in [0.25, 0.3) is 0 Å². The first-order valence-electron chi connectivity index (χ1n) is 11.9. The number of hydrogen-bond donors (Lipinski definition) is 3. The standard InChI is InChI=1S/C22H37N3O3.2CH2O2/c1-5-19-17(14-24(6-2)7-3)12-20(28-19)21(27)25-10-8-22(9-11-25)13-18(26)15-23(4)16-22;2*2-1-3/h12,18,26H,5-11,13-16H2,1-4H3;2*1H,(H,2,3). The van der Waals surface area contributed by atoms with Gasteiger partial charge in [0, 0.05) is 44.7 Å². The van der Waals surface area contributed by atoms with Crippen molar-refractivity contribution in [2.75, 3.05) is 46.3 Å². The van der Waals surface area contributed by atoms with E-state index in [9.17, 15) is 9.90 Å². The molecule has 34 heavy (non-hydrogen) atoms. The highest BCUT2D eigenvalue weighted by molar-refractivity contribution is 5.92. The second kappa shape index (κ2) is 14.7. The van der Waals surface area contributed by atoms with Crippen molar-refractivity contribution in [2.45, 2.75) is 59.1 Å². The minimum Gasteiger partial charge on any atom is -0.483 e. The maximum atomic E-state index is 13.1. The zero-order chi connectivity index (χ0) is 25.7. The molecule has 194 valence electrons. The largest absolute Gasteiger partial charge is 0.483 e. The van der Waals surface area contributed by atoms with E-state index in [4.69, 9.17) is 24.2 Å². The molecule has 3 heterocycles. The number of carboxylic acid groups (broad SMARTS) is 2. The van der Waals surface area contributed by atoms with E-state index < -0.39 is 0 Å². The van der Waals surface area contributed by atoms with Crippen LogP contribution in [0, 0.1) is 5.41 Å². The summed E-state index contributed by atoms with van der Waals surface area (Å²) in [7, 11) is 2.08. The van der Waals surface area contributed by atoms with E-state index >= 15 is 0 Å². The average molecular weight is 484 g/mol. The number of aliphatic hydroxyl groups excluding tert-OH is 1. The van der Waals surface area contributed by atoms with Gasteiger partial charge < -0.3 is 29.5 Å². The second-order valence-electron chi connectivity index (χ2n) is 8.93. The molecule has 1 aromatic heterocycles. The van der Waals surface area contributed by atoms with E-state index in [1.807, 2.05) is 11.0 Å². The lowest BCUT2D eigenvalue weighted by molar-refractivity contribution is -0.123. The quantitative estimate of drug-likeness (QED) is 0.519. The highest BCUT2D eigenvalue weighted by Crippen LogP contribution is 2.40. The van der Waals surface area contributed by atoms with Gasteiger partial charge in [-0.2, -0.15) is 0 Å². The summed E-state index contributed by atoms with van der Waals surface area (Å²) >= 11 is 0. The summed E-state index contributed by atoms with van der Waals surface area (Å²) in [4.78, 5) is 36.3. The molecule has 1 aromatic rings. The molecule has 1 amide bonds. The number of carbonyl (C=O) groups is 3. The van der Waals surface area contributed by atoms with E-state index in [0.717, 1.165) is 82.8 Å². The van der Waals surface area contributed by atoms with Crippen LogP contribution in [0.3, 0.4) is 0 Å². The van der Waals surface area contributed by atoms with Crippen LogP contribution in [-0.2, 0) is 22.6 Å². The topological polar surface area (TPSA) is 135 Å². The van der Waals surface area contributed by atoms with Crippen molar-refractivity contribution in [1.82, 2.24) is 14.7 Å². The van der Waals surface area contributed by atoms with Crippen LogP contribution >= 0.6 is 0 Å². The zero-order valence-corrected chi connectivity index (χ0v) is 20.9. The predicted molar refractivity (Wildman–Crippen MR) is 128 cm³/mol. The molecule has 10 heteroatoms. The van der Waals surface area contributed by atoms with Gasteiger partial charge in [0.2, 0.25) is 0 Å². The van der Waals surface area contributed by atoms with Crippen molar-refractivity contribution in [3.05, 3.63) is 23.2 Å². The van der Waals surface area contributed by atoms with Crippen LogP contribution in [0.1, 0.15) is 61.9 Å². The Labute approximate surface area is 202 Å². The SMILES string of the molecule is CCc1oc(C(=O)N2CCC3(CC2)CC(O)CN(C)C3)cc1CN(CC)CC.O=CO.O=CO. The number of likely N-dealkylation sites (tertiary alicyclic amines) is 2. The third-order valence-corrected chi connectivity index (χ3v) is 6.62. The molecule has 1 atom stereocenters. The number of nitrogens with zero attached hydrogens (tertiary/aromatic N) is 3. The van der Waals surface area contributed by atoms with E-state index in [-0.39, 0.29) is 30.4 Å². The Balaban J connectivity index is 0.000000872. The van der Waals surface area contributed by atoms with Crippen molar-refractivity contribution in [3.8, 4) is 0 Å². The van der Waals surface area contributed by atoms with Crippen LogP contribution < -0.4 is 0 Å². The van der Waals surface area contributed by atoms with Gasteiger partial charge in [0.15, 0.2) is 5.76 Å². The fourth-order valence-corrected chi connectivity index (χ4v) is 5.02. The second-order valence-corrected chi connectivity index (χ2v) is 8.93. The fraction of sp³-hybridized carbons (Fsp3) is 0.708. The molecule has 3 rings (SSSR count). The number of furan rings is 1. The smallest absolute Gasteiger partial charge is 0.290 e. The summed E-state index contributed by atoms with van der Waals surface area (Å²) in [6.45, 7) is 12.0. The number of β-amino-alcohol motifs (C(OH)–C–C–N with tert-alkyl or cyclic N) is 1. The number of hydrogen-bond acceptors (Lipinski definition) is 7. The highest BCUT2D eigenvalue weighted by atomic mass is 16.4. The van der Waals surface area contributed by atoms with Gasteiger partial charge in [-0.25, -0.2) is 0 Å². The number of rotatable bonds is 6. The molecular formula is C24H41N3O7. The summed E-state index contributed by atoms with van der Waals surface area (Å²) in [6.07, 6.45) is 3.31. The number of aryl methyl sites for hydroxylation is 1. The molecule has 1 spiro atoms. The van der Waals surface area contributed by atoms with Crippen molar-refractivity contribution in [2.24, 2.45) is 5.41 Å². The van der Waals surface area contributed by atoms with Gasteiger partial charge in [-0.3, -0.25) is 19.3 Å². The highest BCUT2D eigenvalue weighted by Gasteiger charge is 2.41. The zero-order valence-electron chi connectivity index (χ0n) is 20.9. The minimum atomic E-state index is -0.250. The molecule has 0 saturated carbocycles. The number of likely N-dealkylation sites (N-methyl/N-ethyl adjacent to an activating group) is 1. The van der Waals surface area contributed by atoms with Crippen molar-refractivity contribution < 1.29 is 34.1 Å². The first kappa shape index (κ1) is 29.6. The number of aliphatic hydroxyl groups is 1. The number of amides is 1. The molecule has 0 radical (unpaired) electrons. The Bertz CT molecular complexity index is 738. The molecule has 2 aliphatic heterocycles. The van der Waals surface area contributed by atoms with Crippen LogP contribution in [0.5, 0.6) is 0 Å². The Morgan fingerprint density at radius 3 is 2.21 bits per heavy atom. The lowest BCUT2D eigenvalue weighted by Gasteiger charge is -2.48. The van der Waals surface area contributed by atoms with Gasteiger partial charge >= 0.3 is 0 Å². The predicted octanol–water partition coefficient (Wildman–Crippen LogP) is 2.00. The van der Waals surface area contributed by atoms with Crippen LogP contribution in [0.4, 0.5) is 0 Å². The molecule has 2 saturated heterocycles. The number of piperidine rings is 2. The molecule has 0 aliphatic carbocycles. The van der Waals surface area contributed by atoms with Crippen molar-refractivity contribution in [3.63, 3.8) is 0 Å². The van der Waals surface area contributed by atoms with Gasteiger partial charge in [-0.15, -0.1) is 0 Å². The third kappa shape index (κ3) is 8.41. The summed E-state index contributed by atoms with van der Waals surface area (Å²) < 4.78 is 5.97. The van der Waals surface area contributed by atoms with Gasteiger partial charge in [0.05, 0.1) is 6.10 Å².